The fourth-order valence-corrected chi connectivity index (χ4v) is 5.01. The first-order valence-electron chi connectivity index (χ1n) is 11.3. The zero-order valence-corrected chi connectivity index (χ0v) is 22.9. The van der Waals surface area contributed by atoms with Gasteiger partial charge in [-0.1, -0.05) is 5.16 Å². The molecule has 16 heteroatoms. The lowest BCUT2D eigenvalue weighted by atomic mass is 9.98. The van der Waals surface area contributed by atoms with E-state index in [1.165, 1.54) is 42.2 Å². The molecule has 1 aromatic rings. The largest absolute Gasteiger partial charge is 0.427 e. The van der Waals surface area contributed by atoms with Crippen LogP contribution in [-0.4, -0.2) is 82.4 Å². The number of nitrogens with zero attached hydrogens (tertiary/aromatic N) is 3. The molecule has 3 amide bonds. The summed E-state index contributed by atoms with van der Waals surface area (Å²) in [5, 5.41) is 9.96. The molecule has 3 rings (SSSR count). The maximum absolute atomic E-state index is 13.0. The highest BCUT2D eigenvalue weighted by atomic mass is 32.2. The van der Waals surface area contributed by atoms with Gasteiger partial charge in [0.2, 0.25) is 12.7 Å². The van der Waals surface area contributed by atoms with Gasteiger partial charge in [0.05, 0.1) is 11.5 Å². The molecular formula is C22H28N6O8S2. The molecule has 0 spiro atoms. The Labute approximate surface area is 226 Å². The minimum atomic E-state index is -0.958. The summed E-state index contributed by atoms with van der Waals surface area (Å²) < 4.78 is 9.96. The van der Waals surface area contributed by atoms with Crippen LogP contribution in [0.25, 0.3) is 0 Å². The van der Waals surface area contributed by atoms with Crippen molar-refractivity contribution in [3.05, 3.63) is 22.8 Å². The van der Waals surface area contributed by atoms with Crippen molar-refractivity contribution < 1.29 is 38.3 Å². The lowest BCUT2D eigenvalue weighted by molar-refractivity contribution is -0.173. The van der Waals surface area contributed by atoms with Crippen molar-refractivity contribution in [3.63, 3.8) is 0 Å². The van der Waals surface area contributed by atoms with Crippen molar-refractivity contribution >= 4 is 63.6 Å². The molecule has 1 unspecified atom stereocenters. The molecule has 3 atom stereocenters. The van der Waals surface area contributed by atoms with Crippen LogP contribution >= 0.6 is 23.1 Å². The van der Waals surface area contributed by atoms with Gasteiger partial charge in [0, 0.05) is 11.1 Å². The lowest BCUT2D eigenvalue weighted by Crippen LogP contribution is -2.70. The number of fused-ring (bicyclic) bond motifs is 1. The second-order valence-corrected chi connectivity index (χ2v) is 11.2. The zero-order valence-electron chi connectivity index (χ0n) is 21.3. The summed E-state index contributed by atoms with van der Waals surface area (Å²) in [6.07, 6.45) is 1.52. The standard InChI is InChI=1S/C22H28N6O8S2/c1-10(23)15(29)26-21-24-11(8-38-21)13(27-34-5)16(30)25-14-17(31)28-12(6-7-37-18(14)28)19(32)35-9-36-20(33)22(2,3)4/h6,8,10,14,18H,7,9,23H2,1-5H3,(H,25,30)(H,24,26,29)/t10-,14?,18-/m1/s1. The highest BCUT2D eigenvalue weighted by Crippen LogP contribution is 2.38. The molecule has 3 heterocycles. The fourth-order valence-electron chi connectivity index (χ4n) is 3.12. The molecule has 2 aliphatic heterocycles. The Hall–Kier alpha value is -3.50. The van der Waals surface area contributed by atoms with Gasteiger partial charge in [0.15, 0.2) is 10.8 Å². The number of oxime groups is 1. The molecule has 14 nitrogen and oxygen atoms in total. The Balaban J connectivity index is 1.62. The molecule has 0 saturated carbocycles. The van der Waals surface area contributed by atoms with Gasteiger partial charge in [-0.05, 0) is 33.8 Å². The summed E-state index contributed by atoms with van der Waals surface area (Å²) in [7, 11) is 1.24. The van der Waals surface area contributed by atoms with E-state index in [1.54, 1.807) is 20.8 Å². The van der Waals surface area contributed by atoms with Crippen LogP contribution in [0, 0.1) is 5.41 Å². The number of β-lactam (4-membered cyclic amide) rings is 1. The van der Waals surface area contributed by atoms with E-state index >= 15 is 0 Å². The quantitative estimate of drug-likeness (QED) is 0.121. The first-order chi connectivity index (χ1) is 17.8. The number of aromatic nitrogens is 1. The summed E-state index contributed by atoms with van der Waals surface area (Å²) in [6.45, 7) is 5.90. The van der Waals surface area contributed by atoms with Crippen molar-refractivity contribution in [3.8, 4) is 0 Å². The Kier molecular flexibility index (Phi) is 9.11. The highest BCUT2D eigenvalue weighted by molar-refractivity contribution is 8.00. The maximum atomic E-state index is 13.0. The van der Waals surface area contributed by atoms with Gasteiger partial charge >= 0.3 is 11.9 Å². The molecule has 1 aromatic heterocycles. The van der Waals surface area contributed by atoms with E-state index in [2.05, 4.69) is 20.8 Å². The van der Waals surface area contributed by atoms with Gasteiger partial charge in [0.1, 0.15) is 29.9 Å². The minimum absolute atomic E-state index is 0.00384. The van der Waals surface area contributed by atoms with Crippen LogP contribution in [0.5, 0.6) is 0 Å². The number of rotatable bonds is 9. The van der Waals surface area contributed by atoms with E-state index in [0.717, 1.165) is 11.3 Å². The number of carbonyl (C=O) groups is 5. The third kappa shape index (κ3) is 6.49. The fraction of sp³-hybridized carbons (Fsp3) is 0.500. The first kappa shape index (κ1) is 29.1. The van der Waals surface area contributed by atoms with Crippen LogP contribution in [0.4, 0.5) is 5.13 Å². The molecule has 2 aliphatic rings. The number of thioether (sulfide) groups is 1. The van der Waals surface area contributed by atoms with Crippen LogP contribution in [0.15, 0.2) is 22.3 Å². The second-order valence-electron chi connectivity index (χ2n) is 9.14. The third-order valence-corrected chi connectivity index (χ3v) is 7.06. The first-order valence-corrected chi connectivity index (χ1v) is 13.2. The Morgan fingerprint density at radius 1 is 1.29 bits per heavy atom. The van der Waals surface area contributed by atoms with Gasteiger partial charge in [-0.15, -0.1) is 23.1 Å². The normalized spacial score (nSPS) is 19.8. The molecule has 0 aromatic carbocycles. The number of anilines is 1. The molecule has 0 bridgehead atoms. The van der Waals surface area contributed by atoms with E-state index in [1.807, 2.05) is 0 Å². The molecule has 4 N–H and O–H groups in total. The van der Waals surface area contributed by atoms with Crippen molar-refractivity contribution in [2.75, 3.05) is 25.0 Å². The molecule has 0 radical (unpaired) electrons. The predicted octanol–water partition coefficient (Wildman–Crippen LogP) is 0.153. The number of nitrogens with one attached hydrogen (secondary N) is 2. The van der Waals surface area contributed by atoms with E-state index < -0.39 is 59.3 Å². The van der Waals surface area contributed by atoms with Crippen molar-refractivity contribution in [2.45, 2.75) is 45.2 Å². The van der Waals surface area contributed by atoms with E-state index in [0.29, 0.717) is 5.75 Å². The van der Waals surface area contributed by atoms with Crippen LogP contribution in [-0.2, 0) is 38.3 Å². The molecule has 1 saturated heterocycles. The number of hydrogen-bond donors (Lipinski definition) is 3. The van der Waals surface area contributed by atoms with E-state index in [4.69, 9.17) is 20.0 Å². The van der Waals surface area contributed by atoms with Crippen LogP contribution in [0.3, 0.4) is 0 Å². The minimum Gasteiger partial charge on any atom is -0.427 e. The molecular weight excluding hydrogens is 540 g/mol. The number of esters is 2. The summed E-state index contributed by atoms with van der Waals surface area (Å²) in [5.41, 5.74) is 4.67. The number of carbonyl (C=O) groups excluding carboxylic acids is 5. The summed E-state index contributed by atoms with van der Waals surface area (Å²) in [6, 6.07) is -1.71. The van der Waals surface area contributed by atoms with Gasteiger partial charge in [-0.2, -0.15) is 0 Å². The number of hydrogen-bond acceptors (Lipinski definition) is 13. The Bertz CT molecular complexity index is 1190. The van der Waals surface area contributed by atoms with E-state index in [-0.39, 0.29) is 22.2 Å². The number of ether oxygens (including phenoxy) is 2. The predicted molar refractivity (Wildman–Crippen MR) is 138 cm³/mol. The van der Waals surface area contributed by atoms with Crippen LogP contribution in [0.1, 0.15) is 33.4 Å². The Morgan fingerprint density at radius 2 is 2.00 bits per heavy atom. The van der Waals surface area contributed by atoms with Crippen LogP contribution < -0.4 is 16.4 Å². The van der Waals surface area contributed by atoms with E-state index in [9.17, 15) is 24.0 Å². The summed E-state index contributed by atoms with van der Waals surface area (Å²) in [5.74, 6) is -2.73. The smallest absolute Gasteiger partial charge is 0.357 e. The average Bonchev–Trinajstić information content (AvgIpc) is 3.31. The zero-order chi connectivity index (χ0) is 28.2. The average molecular weight is 569 g/mol. The van der Waals surface area contributed by atoms with Gasteiger partial charge in [0.25, 0.3) is 11.8 Å². The number of nitrogens with two attached hydrogens (primary N) is 1. The topological polar surface area (TPSA) is 192 Å². The third-order valence-electron chi connectivity index (χ3n) is 5.12. The summed E-state index contributed by atoms with van der Waals surface area (Å²) in [4.78, 5) is 72.2. The number of thiazole rings is 1. The van der Waals surface area contributed by atoms with Crippen molar-refractivity contribution in [1.29, 1.82) is 0 Å². The molecule has 0 aliphatic carbocycles. The van der Waals surface area contributed by atoms with Gasteiger partial charge < -0.3 is 30.7 Å². The van der Waals surface area contributed by atoms with Gasteiger partial charge in [-0.25, -0.2) is 9.78 Å². The molecule has 1 fully saturated rings. The molecule has 206 valence electrons. The molecule has 38 heavy (non-hydrogen) atoms. The SMILES string of the molecule is CON=C(C(=O)NC1C(=O)N2C(C(=O)OCOC(=O)C(C)(C)C)=CCS[C@H]12)c1csc(NC(=O)[C@@H](C)N)n1. The summed E-state index contributed by atoms with van der Waals surface area (Å²) >= 11 is 2.38. The van der Waals surface area contributed by atoms with Crippen LogP contribution in [0.2, 0.25) is 0 Å². The van der Waals surface area contributed by atoms with Gasteiger partial charge in [-0.3, -0.25) is 24.1 Å². The maximum Gasteiger partial charge on any atom is 0.357 e. The monoisotopic (exact) mass is 568 g/mol. The number of amides is 3. The second kappa shape index (κ2) is 11.9. The van der Waals surface area contributed by atoms with Crippen molar-refractivity contribution in [1.82, 2.24) is 15.2 Å². The van der Waals surface area contributed by atoms with Crippen molar-refractivity contribution in [2.24, 2.45) is 16.3 Å². The highest BCUT2D eigenvalue weighted by Gasteiger charge is 2.53. The lowest BCUT2D eigenvalue weighted by Gasteiger charge is -2.48. The Morgan fingerprint density at radius 3 is 2.63 bits per heavy atom.